The average molecular weight is 302 g/mol. The van der Waals surface area contributed by atoms with Crippen molar-refractivity contribution in [2.75, 3.05) is 11.5 Å². The summed E-state index contributed by atoms with van der Waals surface area (Å²) in [4.78, 5) is 0. The van der Waals surface area contributed by atoms with Crippen LogP contribution in [0.2, 0.25) is 0 Å². The van der Waals surface area contributed by atoms with Gasteiger partial charge in [0.05, 0.1) is 16.3 Å². The molecule has 2 aliphatic heterocycles. The standard InChI is InChI=1S/C14H22O3S2/c15-10-8-14(18-6-7-19-14)9-11-12(10)17-13(16-11)4-2-1-3-5-13/h10-12,15H,1-9H2/t10-,11-,12+/m1/s1. The predicted octanol–water partition coefficient (Wildman–Crippen LogP) is 2.76. The molecule has 1 N–H and O–H groups in total. The van der Waals surface area contributed by atoms with Crippen LogP contribution in [0.3, 0.4) is 0 Å². The van der Waals surface area contributed by atoms with Crippen LogP contribution in [-0.4, -0.2) is 44.8 Å². The summed E-state index contributed by atoms with van der Waals surface area (Å²) in [6.07, 6.45) is 7.31. The molecule has 0 radical (unpaired) electrons. The van der Waals surface area contributed by atoms with Crippen LogP contribution >= 0.6 is 23.5 Å². The Labute approximate surface area is 123 Å². The molecule has 4 aliphatic rings. The van der Waals surface area contributed by atoms with E-state index in [1.54, 1.807) is 0 Å². The van der Waals surface area contributed by atoms with Crippen LogP contribution < -0.4 is 0 Å². The van der Waals surface area contributed by atoms with Crippen LogP contribution in [0.4, 0.5) is 0 Å². The Balaban J connectivity index is 1.53. The first-order valence-corrected chi connectivity index (χ1v) is 9.49. The van der Waals surface area contributed by atoms with Gasteiger partial charge in [0, 0.05) is 30.8 Å². The van der Waals surface area contributed by atoms with Gasteiger partial charge < -0.3 is 14.6 Å². The lowest BCUT2D eigenvalue weighted by Gasteiger charge is -2.39. The van der Waals surface area contributed by atoms with Gasteiger partial charge in [0.25, 0.3) is 0 Å². The summed E-state index contributed by atoms with van der Waals surface area (Å²) < 4.78 is 12.8. The number of hydrogen-bond donors (Lipinski definition) is 1. The molecular formula is C14H22O3S2. The third-order valence-electron chi connectivity index (χ3n) is 4.92. The van der Waals surface area contributed by atoms with Crippen molar-refractivity contribution < 1.29 is 14.6 Å². The molecule has 3 nitrogen and oxygen atoms in total. The predicted molar refractivity (Wildman–Crippen MR) is 78.4 cm³/mol. The Morgan fingerprint density at radius 3 is 2.42 bits per heavy atom. The highest BCUT2D eigenvalue weighted by Crippen LogP contribution is 2.56. The van der Waals surface area contributed by atoms with E-state index in [-0.39, 0.29) is 28.2 Å². The van der Waals surface area contributed by atoms with Gasteiger partial charge in [-0.1, -0.05) is 6.42 Å². The highest BCUT2D eigenvalue weighted by Gasteiger charge is 2.57. The zero-order valence-corrected chi connectivity index (χ0v) is 12.8. The normalized spacial score (nSPS) is 43.7. The third-order valence-corrected chi connectivity index (χ3v) is 8.42. The monoisotopic (exact) mass is 302 g/mol. The van der Waals surface area contributed by atoms with Gasteiger partial charge in [-0.05, 0) is 19.3 Å². The Morgan fingerprint density at radius 1 is 0.947 bits per heavy atom. The number of aliphatic hydroxyl groups excluding tert-OH is 1. The van der Waals surface area contributed by atoms with Crippen LogP contribution in [0.5, 0.6) is 0 Å². The highest BCUT2D eigenvalue weighted by atomic mass is 32.2. The van der Waals surface area contributed by atoms with E-state index < -0.39 is 0 Å². The molecule has 19 heavy (non-hydrogen) atoms. The van der Waals surface area contributed by atoms with Crippen molar-refractivity contribution >= 4 is 23.5 Å². The van der Waals surface area contributed by atoms with E-state index >= 15 is 0 Å². The largest absolute Gasteiger partial charge is 0.390 e. The fourth-order valence-corrected chi connectivity index (χ4v) is 7.45. The maximum Gasteiger partial charge on any atom is 0.169 e. The SMILES string of the molecule is O[C@@H]1CC2(C[C@H]3OC4(CCCCC4)O[C@@H]13)SCCS2. The van der Waals surface area contributed by atoms with Gasteiger partial charge in [0.2, 0.25) is 0 Å². The molecule has 3 atom stereocenters. The van der Waals surface area contributed by atoms with Crippen LogP contribution in [0.1, 0.15) is 44.9 Å². The second kappa shape index (κ2) is 4.80. The topological polar surface area (TPSA) is 38.7 Å². The van der Waals surface area contributed by atoms with E-state index in [4.69, 9.17) is 9.47 Å². The van der Waals surface area contributed by atoms with E-state index in [2.05, 4.69) is 0 Å². The summed E-state index contributed by atoms with van der Waals surface area (Å²) in [6, 6.07) is 0. The van der Waals surface area contributed by atoms with Gasteiger partial charge in [-0.2, -0.15) is 0 Å². The third kappa shape index (κ3) is 2.26. The Morgan fingerprint density at radius 2 is 1.68 bits per heavy atom. The van der Waals surface area contributed by atoms with E-state index in [9.17, 15) is 5.11 Å². The molecular weight excluding hydrogens is 280 g/mol. The quantitative estimate of drug-likeness (QED) is 0.745. The molecule has 4 fully saturated rings. The molecule has 0 aromatic carbocycles. The number of hydrogen-bond acceptors (Lipinski definition) is 5. The molecule has 2 saturated heterocycles. The Hall–Kier alpha value is 0.580. The number of aliphatic hydroxyl groups is 1. The summed E-state index contributed by atoms with van der Waals surface area (Å²) in [5, 5.41) is 10.5. The Bertz CT molecular complexity index is 351. The van der Waals surface area contributed by atoms with Gasteiger partial charge in [-0.25, -0.2) is 0 Å². The summed E-state index contributed by atoms with van der Waals surface area (Å²) in [5.74, 6) is 2.07. The van der Waals surface area contributed by atoms with Crippen molar-refractivity contribution in [3.63, 3.8) is 0 Å². The number of rotatable bonds is 0. The molecule has 4 rings (SSSR count). The number of thioether (sulfide) groups is 2. The molecule has 0 aromatic rings. The lowest BCUT2D eigenvalue weighted by Crippen LogP contribution is -2.47. The molecule has 0 bridgehead atoms. The lowest BCUT2D eigenvalue weighted by atomic mass is 9.91. The number of fused-ring (bicyclic) bond motifs is 1. The molecule has 2 spiro atoms. The smallest absolute Gasteiger partial charge is 0.169 e. The lowest BCUT2D eigenvalue weighted by molar-refractivity contribution is -0.198. The highest BCUT2D eigenvalue weighted by molar-refractivity contribution is 8.21. The maximum atomic E-state index is 10.5. The van der Waals surface area contributed by atoms with Crippen molar-refractivity contribution in [3.8, 4) is 0 Å². The fraction of sp³-hybridized carbons (Fsp3) is 1.00. The van der Waals surface area contributed by atoms with Crippen LogP contribution in [0.25, 0.3) is 0 Å². The fourth-order valence-electron chi connectivity index (χ4n) is 4.06. The zero-order chi connectivity index (χ0) is 12.9. The van der Waals surface area contributed by atoms with Crippen molar-refractivity contribution in [2.24, 2.45) is 0 Å². The zero-order valence-electron chi connectivity index (χ0n) is 11.2. The average Bonchev–Trinajstić information content (AvgIpc) is 2.96. The van der Waals surface area contributed by atoms with Crippen molar-refractivity contribution in [2.45, 2.75) is 73.1 Å². The molecule has 0 amide bonds. The first kappa shape index (κ1) is 13.3. The van der Waals surface area contributed by atoms with Crippen molar-refractivity contribution in [1.82, 2.24) is 0 Å². The van der Waals surface area contributed by atoms with Crippen molar-refractivity contribution in [1.29, 1.82) is 0 Å². The summed E-state index contributed by atoms with van der Waals surface area (Å²) in [6.45, 7) is 0. The van der Waals surface area contributed by atoms with E-state index in [0.29, 0.717) is 0 Å². The van der Waals surface area contributed by atoms with Gasteiger partial charge in [-0.3, -0.25) is 0 Å². The molecule has 5 heteroatoms. The minimum atomic E-state index is -0.353. The van der Waals surface area contributed by atoms with Gasteiger partial charge in [-0.15, -0.1) is 23.5 Å². The summed E-state index contributed by atoms with van der Waals surface area (Å²) in [5.41, 5.74) is 0. The van der Waals surface area contributed by atoms with Gasteiger partial charge >= 0.3 is 0 Å². The van der Waals surface area contributed by atoms with Crippen LogP contribution in [0, 0.1) is 0 Å². The van der Waals surface area contributed by atoms with Crippen molar-refractivity contribution in [3.05, 3.63) is 0 Å². The van der Waals surface area contributed by atoms with Gasteiger partial charge in [0.15, 0.2) is 5.79 Å². The molecule has 2 aliphatic carbocycles. The molecule has 2 saturated carbocycles. The van der Waals surface area contributed by atoms with Gasteiger partial charge in [0.1, 0.15) is 6.10 Å². The minimum Gasteiger partial charge on any atom is -0.390 e. The molecule has 0 unspecified atom stereocenters. The van der Waals surface area contributed by atoms with Crippen LogP contribution in [0.15, 0.2) is 0 Å². The van der Waals surface area contributed by atoms with E-state index in [1.807, 2.05) is 23.5 Å². The summed E-state index contributed by atoms with van der Waals surface area (Å²) >= 11 is 4.04. The second-order valence-corrected chi connectivity index (χ2v) is 9.51. The first-order chi connectivity index (χ1) is 9.21. The van der Waals surface area contributed by atoms with Crippen LogP contribution in [-0.2, 0) is 9.47 Å². The molecule has 2 heterocycles. The minimum absolute atomic E-state index is 0.0782. The number of ether oxygens (including phenoxy) is 2. The van der Waals surface area contributed by atoms with E-state index in [1.165, 1.54) is 30.8 Å². The Kier molecular flexibility index (Phi) is 3.35. The first-order valence-electron chi connectivity index (χ1n) is 7.52. The van der Waals surface area contributed by atoms with E-state index in [0.717, 1.165) is 25.7 Å². The second-order valence-electron chi connectivity index (χ2n) is 6.29. The summed E-state index contributed by atoms with van der Waals surface area (Å²) in [7, 11) is 0. The maximum absolute atomic E-state index is 10.5. The molecule has 0 aromatic heterocycles. The molecule has 108 valence electrons.